The fourth-order valence-electron chi connectivity index (χ4n) is 3.96. The maximum absolute atomic E-state index is 9.75. The first-order valence-electron chi connectivity index (χ1n) is 8.84. The van der Waals surface area contributed by atoms with Gasteiger partial charge in [-0.25, -0.2) is 0 Å². The lowest BCUT2D eigenvalue weighted by molar-refractivity contribution is 0.124. The van der Waals surface area contributed by atoms with Gasteiger partial charge in [0.1, 0.15) is 0 Å². The summed E-state index contributed by atoms with van der Waals surface area (Å²) in [6.45, 7) is 8.90. The molecule has 0 aromatic carbocycles. The average Bonchev–Trinajstić information content (AvgIpc) is 2.78. The molecule has 1 heterocycles. The second-order valence-corrected chi connectivity index (χ2v) is 7.01. The smallest absolute Gasteiger partial charge is 0.0552 e. The quantitative estimate of drug-likeness (QED) is 0.735. The number of rotatable bonds is 6. The lowest BCUT2D eigenvalue weighted by Gasteiger charge is -2.30. The largest absolute Gasteiger partial charge is 0.393 e. The Balaban J connectivity index is 1.84. The van der Waals surface area contributed by atoms with Crippen molar-refractivity contribution in [2.24, 2.45) is 11.8 Å². The van der Waals surface area contributed by atoms with Crippen LogP contribution in [0, 0.1) is 11.8 Å². The zero-order valence-corrected chi connectivity index (χ0v) is 13.5. The Hall–Kier alpha value is -0.120. The van der Waals surface area contributed by atoms with Gasteiger partial charge in [0.2, 0.25) is 0 Å². The van der Waals surface area contributed by atoms with Gasteiger partial charge in [0, 0.05) is 19.1 Å². The molecule has 0 aromatic heterocycles. The summed E-state index contributed by atoms with van der Waals surface area (Å²) in [5.74, 6) is 1.32. The molecule has 2 aliphatic rings. The maximum atomic E-state index is 9.75. The second-order valence-electron chi connectivity index (χ2n) is 7.01. The molecule has 4 unspecified atom stereocenters. The summed E-state index contributed by atoms with van der Waals surface area (Å²) in [6, 6.07) is 0.725. The number of aliphatic hydroxyl groups is 1. The number of nitrogens with one attached hydrogen (secondary N) is 1. The molecule has 4 atom stereocenters. The molecular weight excluding hydrogens is 248 g/mol. The van der Waals surface area contributed by atoms with Crippen LogP contribution in [0.25, 0.3) is 0 Å². The van der Waals surface area contributed by atoms with Crippen molar-refractivity contribution in [2.75, 3.05) is 26.2 Å². The van der Waals surface area contributed by atoms with E-state index in [9.17, 15) is 5.11 Å². The van der Waals surface area contributed by atoms with Crippen LogP contribution in [0.15, 0.2) is 0 Å². The molecule has 1 aliphatic carbocycles. The Labute approximate surface area is 125 Å². The molecule has 2 N–H and O–H groups in total. The van der Waals surface area contributed by atoms with Gasteiger partial charge in [-0.15, -0.1) is 0 Å². The van der Waals surface area contributed by atoms with Crippen LogP contribution in [0.4, 0.5) is 0 Å². The summed E-state index contributed by atoms with van der Waals surface area (Å²) < 4.78 is 0. The Morgan fingerprint density at radius 2 is 2.00 bits per heavy atom. The fraction of sp³-hybridized carbons (Fsp3) is 1.00. The highest BCUT2D eigenvalue weighted by molar-refractivity contribution is 4.85. The minimum absolute atomic E-state index is 0.136. The zero-order chi connectivity index (χ0) is 14.4. The molecule has 1 saturated carbocycles. The summed E-state index contributed by atoms with van der Waals surface area (Å²) >= 11 is 0. The third-order valence-electron chi connectivity index (χ3n) is 5.30. The number of hydrogen-bond acceptors (Lipinski definition) is 3. The lowest BCUT2D eigenvalue weighted by Crippen LogP contribution is -2.42. The topological polar surface area (TPSA) is 35.5 Å². The van der Waals surface area contributed by atoms with Crippen molar-refractivity contribution in [2.45, 2.75) is 70.9 Å². The summed E-state index contributed by atoms with van der Waals surface area (Å²) in [6.07, 6.45) is 9.24. The molecule has 20 heavy (non-hydrogen) atoms. The molecular formula is C17H34N2O. The SMILES string of the molecule is CCCNC1CCCCCC1CN1CCC(C(C)O)C1. The fourth-order valence-corrected chi connectivity index (χ4v) is 3.96. The molecule has 0 amide bonds. The van der Waals surface area contributed by atoms with Gasteiger partial charge in [-0.1, -0.05) is 26.2 Å². The molecule has 2 rings (SSSR count). The van der Waals surface area contributed by atoms with Crippen LogP contribution in [0.1, 0.15) is 58.8 Å². The third-order valence-corrected chi connectivity index (χ3v) is 5.30. The van der Waals surface area contributed by atoms with Gasteiger partial charge in [-0.3, -0.25) is 0 Å². The van der Waals surface area contributed by atoms with Crippen LogP contribution >= 0.6 is 0 Å². The summed E-state index contributed by atoms with van der Waals surface area (Å²) in [5, 5.41) is 13.5. The Morgan fingerprint density at radius 1 is 1.20 bits per heavy atom. The van der Waals surface area contributed by atoms with Crippen LogP contribution in [-0.2, 0) is 0 Å². The monoisotopic (exact) mass is 282 g/mol. The van der Waals surface area contributed by atoms with Crippen molar-refractivity contribution in [1.82, 2.24) is 10.2 Å². The molecule has 1 saturated heterocycles. The van der Waals surface area contributed by atoms with Gasteiger partial charge in [0.25, 0.3) is 0 Å². The first-order chi connectivity index (χ1) is 9.70. The van der Waals surface area contributed by atoms with Crippen LogP contribution in [0.5, 0.6) is 0 Å². The highest BCUT2D eigenvalue weighted by Crippen LogP contribution is 2.27. The van der Waals surface area contributed by atoms with E-state index < -0.39 is 0 Å². The summed E-state index contributed by atoms with van der Waals surface area (Å²) in [5.41, 5.74) is 0. The van der Waals surface area contributed by atoms with Crippen LogP contribution < -0.4 is 5.32 Å². The van der Waals surface area contributed by atoms with Gasteiger partial charge in [0.05, 0.1) is 6.10 Å². The van der Waals surface area contributed by atoms with Crippen molar-refractivity contribution in [3.63, 3.8) is 0 Å². The summed E-state index contributed by atoms with van der Waals surface area (Å²) in [7, 11) is 0. The van der Waals surface area contributed by atoms with Gasteiger partial charge >= 0.3 is 0 Å². The zero-order valence-electron chi connectivity index (χ0n) is 13.5. The molecule has 2 fully saturated rings. The second kappa shape index (κ2) is 8.35. The predicted octanol–water partition coefficient (Wildman–Crippen LogP) is 2.64. The molecule has 0 bridgehead atoms. The summed E-state index contributed by atoms with van der Waals surface area (Å²) in [4.78, 5) is 2.61. The van der Waals surface area contributed by atoms with E-state index in [0.717, 1.165) is 25.0 Å². The van der Waals surface area contributed by atoms with E-state index in [-0.39, 0.29) is 6.10 Å². The van der Waals surface area contributed by atoms with Gasteiger partial charge in [-0.05, 0) is 57.5 Å². The van der Waals surface area contributed by atoms with E-state index in [1.165, 1.54) is 58.0 Å². The van der Waals surface area contributed by atoms with E-state index in [2.05, 4.69) is 17.1 Å². The molecule has 0 spiro atoms. The van der Waals surface area contributed by atoms with E-state index in [1.54, 1.807) is 0 Å². The Bertz CT molecular complexity index is 270. The van der Waals surface area contributed by atoms with Gasteiger partial charge in [-0.2, -0.15) is 0 Å². The molecule has 118 valence electrons. The Morgan fingerprint density at radius 3 is 2.70 bits per heavy atom. The normalized spacial score (nSPS) is 34.0. The molecule has 1 aliphatic heterocycles. The van der Waals surface area contributed by atoms with Crippen LogP contribution in [0.3, 0.4) is 0 Å². The standard InChI is InChI=1S/C17H34N2O/c1-3-10-18-17-8-6-4-5-7-16(17)13-19-11-9-15(12-19)14(2)20/h14-18,20H,3-13H2,1-2H3. The van der Waals surface area contributed by atoms with Gasteiger partial charge < -0.3 is 15.3 Å². The number of hydrogen-bond donors (Lipinski definition) is 2. The van der Waals surface area contributed by atoms with Crippen LogP contribution in [-0.4, -0.2) is 48.3 Å². The van der Waals surface area contributed by atoms with E-state index >= 15 is 0 Å². The van der Waals surface area contributed by atoms with E-state index in [4.69, 9.17) is 0 Å². The predicted molar refractivity (Wildman–Crippen MR) is 84.9 cm³/mol. The number of aliphatic hydroxyl groups excluding tert-OH is 1. The van der Waals surface area contributed by atoms with Crippen molar-refractivity contribution in [3.05, 3.63) is 0 Å². The molecule has 3 nitrogen and oxygen atoms in total. The Kier molecular flexibility index (Phi) is 6.79. The minimum Gasteiger partial charge on any atom is -0.393 e. The number of likely N-dealkylation sites (tertiary alicyclic amines) is 1. The van der Waals surface area contributed by atoms with Crippen LogP contribution in [0.2, 0.25) is 0 Å². The molecule has 0 aromatic rings. The van der Waals surface area contributed by atoms with Crippen molar-refractivity contribution in [1.29, 1.82) is 0 Å². The average molecular weight is 282 g/mol. The van der Waals surface area contributed by atoms with Crippen molar-refractivity contribution >= 4 is 0 Å². The number of nitrogens with zero attached hydrogens (tertiary/aromatic N) is 1. The lowest BCUT2D eigenvalue weighted by atomic mass is 9.94. The van der Waals surface area contributed by atoms with Gasteiger partial charge in [0.15, 0.2) is 0 Å². The highest BCUT2D eigenvalue weighted by atomic mass is 16.3. The first kappa shape index (κ1) is 16.3. The third kappa shape index (κ3) is 4.71. The van der Waals surface area contributed by atoms with E-state index in [0.29, 0.717) is 5.92 Å². The van der Waals surface area contributed by atoms with E-state index in [1.807, 2.05) is 6.92 Å². The minimum atomic E-state index is -0.136. The van der Waals surface area contributed by atoms with Crippen molar-refractivity contribution in [3.8, 4) is 0 Å². The highest BCUT2D eigenvalue weighted by Gasteiger charge is 2.30. The first-order valence-corrected chi connectivity index (χ1v) is 8.84. The van der Waals surface area contributed by atoms with Crippen molar-refractivity contribution < 1.29 is 5.11 Å². The molecule has 0 radical (unpaired) electrons. The molecule has 3 heteroatoms. The maximum Gasteiger partial charge on any atom is 0.0552 e.